The van der Waals surface area contributed by atoms with Crippen LogP contribution in [0.3, 0.4) is 0 Å². The lowest BCUT2D eigenvalue weighted by Crippen LogP contribution is -2.50. The molecule has 5 nitrogen and oxygen atoms in total. The number of hydrogen-bond donors (Lipinski definition) is 0. The molecule has 0 radical (unpaired) electrons. The Balaban J connectivity index is 1.73. The minimum absolute atomic E-state index is 0.227. The number of amides is 1. The molecule has 1 saturated heterocycles. The minimum Gasteiger partial charge on any atom is -0.456 e. The molecule has 6 heteroatoms. The Kier molecular flexibility index (Phi) is 7.30. The predicted octanol–water partition coefficient (Wildman–Crippen LogP) is 5.55. The summed E-state index contributed by atoms with van der Waals surface area (Å²) in [6.45, 7) is 13.2. The van der Waals surface area contributed by atoms with Crippen LogP contribution in [-0.2, 0) is 4.79 Å². The first-order valence-electron chi connectivity index (χ1n) is 10.7. The summed E-state index contributed by atoms with van der Waals surface area (Å²) in [7, 11) is 0. The van der Waals surface area contributed by atoms with E-state index < -0.39 is 0 Å². The van der Waals surface area contributed by atoms with Crippen LogP contribution in [0.15, 0.2) is 41.3 Å². The topological polar surface area (TPSA) is 56.6 Å². The van der Waals surface area contributed by atoms with Gasteiger partial charge in [0.25, 0.3) is 0 Å². The van der Waals surface area contributed by atoms with E-state index in [1.165, 1.54) is 0 Å². The summed E-state index contributed by atoms with van der Waals surface area (Å²) in [5, 5.41) is 9.36. The van der Waals surface area contributed by atoms with Crippen LogP contribution in [0, 0.1) is 30.6 Å². The standard InChI is InChI=1S/C25H31N3O2S/c1-6-25(4,5)24(29)27-9-11-28(12-10-27)31-23-16-20(17-26)7-8-22(23)30-21-14-18(2)13-19(3)15-21/h7-8,13-16H,6,9-12H2,1-5H3. The second-order valence-corrected chi connectivity index (χ2v) is 9.89. The Hall–Kier alpha value is -2.49. The molecule has 0 bridgehead atoms. The van der Waals surface area contributed by atoms with Crippen LogP contribution in [0.1, 0.15) is 43.9 Å². The van der Waals surface area contributed by atoms with E-state index in [1.54, 1.807) is 18.0 Å². The van der Waals surface area contributed by atoms with Crippen molar-refractivity contribution < 1.29 is 9.53 Å². The van der Waals surface area contributed by atoms with E-state index >= 15 is 0 Å². The van der Waals surface area contributed by atoms with Crippen LogP contribution in [0.25, 0.3) is 0 Å². The molecule has 31 heavy (non-hydrogen) atoms. The van der Waals surface area contributed by atoms with Crippen LogP contribution in [0.2, 0.25) is 0 Å². The molecule has 3 rings (SSSR count). The van der Waals surface area contributed by atoms with Gasteiger partial charge < -0.3 is 9.64 Å². The van der Waals surface area contributed by atoms with Gasteiger partial charge in [-0.3, -0.25) is 4.79 Å². The summed E-state index contributed by atoms with van der Waals surface area (Å²) in [6, 6.07) is 13.9. The van der Waals surface area contributed by atoms with Crippen LogP contribution in [0.5, 0.6) is 11.5 Å². The van der Waals surface area contributed by atoms with Crippen molar-refractivity contribution in [3.05, 3.63) is 53.1 Å². The van der Waals surface area contributed by atoms with E-state index in [-0.39, 0.29) is 11.3 Å². The van der Waals surface area contributed by atoms with E-state index in [2.05, 4.69) is 37.2 Å². The fraction of sp³-hybridized carbons (Fsp3) is 0.440. The van der Waals surface area contributed by atoms with Crippen molar-refractivity contribution in [1.82, 2.24) is 9.21 Å². The zero-order chi connectivity index (χ0) is 22.6. The van der Waals surface area contributed by atoms with Crippen molar-refractivity contribution in [3.63, 3.8) is 0 Å². The van der Waals surface area contributed by atoms with Crippen molar-refractivity contribution in [1.29, 1.82) is 5.26 Å². The van der Waals surface area contributed by atoms with Crippen molar-refractivity contribution in [2.75, 3.05) is 26.2 Å². The molecule has 0 unspecified atom stereocenters. The molecule has 164 valence electrons. The van der Waals surface area contributed by atoms with Gasteiger partial charge in [-0.2, -0.15) is 5.26 Å². The normalized spacial score (nSPS) is 14.9. The third-order valence-electron chi connectivity index (χ3n) is 5.71. The van der Waals surface area contributed by atoms with Gasteiger partial charge in [0, 0.05) is 31.6 Å². The molecule has 2 aromatic rings. The third-order valence-corrected chi connectivity index (χ3v) is 6.85. The van der Waals surface area contributed by atoms with Gasteiger partial charge in [0.1, 0.15) is 11.5 Å². The molecule has 1 aliphatic heterocycles. The van der Waals surface area contributed by atoms with Crippen LogP contribution < -0.4 is 4.74 Å². The number of carbonyl (C=O) groups is 1. The average Bonchev–Trinajstić information content (AvgIpc) is 2.74. The molecule has 0 spiro atoms. The summed E-state index contributed by atoms with van der Waals surface area (Å²) in [5.74, 6) is 1.76. The first kappa shape index (κ1) is 23.2. The largest absolute Gasteiger partial charge is 0.456 e. The highest BCUT2D eigenvalue weighted by atomic mass is 32.2. The monoisotopic (exact) mass is 437 g/mol. The molecule has 0 atom stereocenters. The van der Waals surface area contributed by atoms with Crippen molar-refractivity contribution >= 4 is 17.9 Å². The minimum atomic E-state index is -0.316. The third kappa shape index (κ3) is 5.81. The Labute approximate surface area is 190 Å². The van der Waals surface area contributed by atoms with E-state index in [4.69, 9.17) is 4.74 Å². The fourth-order valence-electron chi connectivity index (χ4n) is 3.55. The van der Waals surface area contributed by atoms with Crippen molar-refractivity contribution in [2.24, 2.45) is 5.41 Å². The van der Waals surface area contributed by atoms with Crippen LogP contribution in [-0.4, -0.2) is 41.3 Å². The molecule has 0 N–H and O–H groups in total. The van der Waals surface area contributed by atoms with Crippen LogP contribution in [0.4, 0.5) is 0 Å². The SMILES string of the molecule is CCC(C)(C)C(=O)N1CCN(Sc2cc(C#N)ccc2Oc2cc(C)cc(C)c2)CC1. The van der Waals surface area contributed by atoms with E-state index in [9.17, 15) is 10.1 Å². The number of carbonyl (C=O) groups excluding carboxylic acids is 1. The number of ether oxygens (including phenoxy) is 1. The first-order valence-corrected chi connectivity index (χ1v) is 11.5. The van der Waals surface area contributed by atoms with Gasteiger partial charge in [0.2, 0.25) is 5.91 Å². The Morgan fingerprint density at radius 2 is 1.74 bits per heavy atom. The number of nitriles is 1. The zero-order valence-corrected chi connectivity index (χ0v) is 19.9. The number of nitrogens with zero attached hydrogens (tertiary/aromatic N) is 3. The lowest BCUT2D eigenvalue weighted by molar-refractivity contribution is -0.141. The molecular formula is C25H31N3O2S. The Bertz CT molecular complexity index is 968. The highest BCUT2D eigenvalue weighted by Crippen LogP contribution is 2.36. The molecule has 1 heterocycles. The maximum absolute atomic E-state index is 12.8. The highest BCUT2D eigenvalue weighted by Gasteiger charge is 2.32. The lowest BCUT2D eigenvalue weighted by Gasteiger charge is -2.37. The van der Waals surface area contributed by atoms with Gasteiger partial charge in [-0.1, -0.05) is 26.8 Å². The summed E-state index contributed by atoms with van der Waals surface area (Å²) >= 11 is 1.59. The first-order chi connectivity index (χ1) is 14.7. The van der Waals surface area contributed by atoms with Gasteiger partial charge in [-0.05, 0) is 73.7 Å². The smallest absolute Gasteiger partial charge is 0.228 e. The second kappa shape index (κ2) is 9.76. The molecule has 2 aromatic carbocycles. The maximum atomic E-state index is 12.8. The van der Waals surface area contributed by atoms with Crippen molar-refractivity contribution in [3.8, 4) is 17.6 Å². The summed E-state index contributed by atoms with van der Waals surface area (Å²) in [4.78, 5) is 15.6. The van der Waals surface area contributed by atoms with E-state index in [0.717, 1.165) is 47.0 Å². The Morgan fingerprint density at radius 1 is 1.10 bits per heavy atom. The zero-order valence-electron chi connectivity index (χ0n) is 19.1. The maximum Gasteiger partial charge on any atom is 0.228 e. The number of benzene rings is 2. The number of aryl methyl sites for hydroxylation is 2. The molecule has 1 amide bonds. The number of piperazine rings is 1. The van der Waals surface area contributed by atoms with Crippen molar-refractivity contribution in [2.45, 2.75) is 45.9 Å². The molecule has 0 aliphatic carbocycles. The highest BCUT2D eigenvalue weighted by molar-refractivity contribution is 7.97. The summed E-state index contributed by atoms with van der Waals surface area (Å²) in [5.41, 5.74) is 2.58. The Morgan fingerprint density at radius 3 is 2.32 bits per heavy atom. The summed E-state index contributed by atoms with van der Waals surface area (Å²) in [6.07, 6.45) is 0.834. The molecule has 1 aliphatic rings. The van der Waals surface area contributed by atoms with E-state index in [1.807, 2.05) is 43.0 Å². The fourth-order valence-corrected chi connectivity index (χ4v) is 4.56. The molecule has 0 aromatic heterocycles. The van der Waals surface area contributed by atoms with E-state index in [0.29, 0.717) is 18.7 Å². The quantitative estimate of drug-likeness (QED) is 0.554. The van der Waals surface area contributed by atoms with Gasteiger partial charge in [-0.25, -0.2) is 4.31 Å². The lowest BCUT2D eigenvalue weighted by atomic mass is 9.88. The molecule has 1 fully saturated rings. The molecule has 0 saturated carbocycles. The number of rotatable bonds is 6. The van der Waals surface area contributed by atoms with Gasteiger partial charge in [-0.15, -0.1) is 0 Å². The predicted molar refractivity (Wildman–Crippen MR) is 125 cm³/mol. The number of hydrogen-bond acceptors (Lipinski definition) is 5. The van der Waals surface area contributed by atoms with Gasteiger partial charge in [0.05, 0.1) is 16.5 Å². The second-order valence-electron chi connectivity index (χ2n) is 8.75. The summed E-state index contributed by atoms with van der Waals surface area (Å²) < 4.78 is 8.45. The van der Waals surface area contributed by atoms with Crippen LogP contribution >= 0.6 is 11.9 Å². The van der Waals surface area contributed by atoms with Gasteiger partial charge in [0.15, 0.2) is 0 Å². The molecular weight excluding hydrogens is 406 g/mol. The average molecular weight is 438 g/mol. The van der Waals surface area contributed by atoms with Gasteiger partial charge >= 0.3 is 0 Å².